The van der Waals surface area contributed by atoms with Gasteiger partial charge in [0.25, 0.3) is 5.91 Å². The first-order valence-electron chi connectivity index (χ1n) is 11.6. The number of carbonyl (C=O) groups is 3. The topological polar surface area (TPSA) is 109 Å². The van der Waals surface area contributed by atoms with Gasteiger partial charge in [-0.3, -0.25) is 14.4 Å². The number of primary amides is 1. The van der Waals surface area contributed by atoms with Crippen LogP contribution in [0.2, 0.25) is 0 Å². The average molecular weight is 495 g/mol. The molecule has 0 atom stereocenters. The molecule has 0 aliphatic carbocycles. The lowest BCUT2D eigenvalue weighted by Gasteiger charge is -2.26. The zero-order valence-corrected chi connectivity index (χ0v) is 21.3. The molecular weight excluding hydrogens is 463 g/mol. The summed E-state index contributed by atoms with van der Waals surface area (Å²) in [7, 11) is 0. The van der Waals surface area contributed by atoms with Gasteiger partial charge in [-0.2, -0.15) is 0 Å². The summed E-state index contributed by atoms with van der Waals surface area (Å²) in [4.78, 5) is 42.2. The highest BCUT2D eigenvalue weighted by molar-refractivity contribution is 6.01. The summed E-state index contributed by atoms with van der Waals surface area (Å²) in [5.41, 5.74) is 6.35. The number of pyridine rings is 1. The summed E-state index contributed by atoms with van der Waals surface area (Å²) in [5.74, 6) is -3.68. The average Bonchev–Trinajstić information content (AvgIpc) is 2.74. The van der Waals surface area contributed by atoms with Crippen molar-refractivity contribution >= 4 is 28.7 Å². The van der Waals surface area contributed by atoms with Gasteiger partial charge in [0.15, 0.2) is 5.92 Å². The van der Waals surface area contributed by atoms with Gasteiger partial charge in [-0.15, -0.1) is 0 Å². The third-order valence-electron chi connectivity index (χ3n) is 5.10. The Bertz CT molecular complexity index is 1280. The molecule has 0 unspecified atom stereocenters. The van der Waals surface area contributed by atoms with Crippen molar-refractivity contribution in [3.8, 4) is 11.1 Å². The van der Waals surface area contributed by atoms with Gasteiger partial charge in [-0.1, -0.05) is 24.3 Å². The normalized spacial score (nSPS) is 12.0. The van der Waals surface area contributed by atoms with E-state index in [1.54, 1.807) is 77.9 Å². The number of fused-ring (bicyclic) bond motifs is 1. The van der Waals surface area contributed by atoms with Crippen molar-refractivity contribution in [3.63, 3.8) is 0 Å². The van der Waals surface area contributed by atoms with Crippen LogP contribution in [-0.4, -0.2) is 34.0 Å². The van der Waals surface area contributed by atoms with Gasteiger partial charge in [0.1, 0.15) is 22.7 Å². The third kappa shape index (κ3) is 6.87. The summed E-state index contributed by atoms with van der Waals surface area (Å²) < 4.78 is 24.4. The van der Waals surface area contributed by atoms with Crippen molar-refractivity contribution in [2.24, 2.45) is 11.7 Å². The number of carbonyl (C=O) groups excluding carboxylic acids is 3. The predicted octanol–water partition coefficient (Wildman–Crippen LogP) is 4.98. The van der Waals surface area contributed by atoms with E-state index in [9.17, 15) is 18.8 Å². The number of hydrogen-bond acceptors (Lipinski definition) is 6. The fraction of sp³-hybridized carbons (Fsp3) is 0.357. The van der Waals surface area contributed by atoms with Gasteiger partial charge in [0, 0.05) is 5.39 Å². The van der Waals surface area contributed by atoms with Crippen LogP contribution in [0.25, 0.3) is 22.0 Å². The van der Waals surface area contributed by atoms with Crippen LogP contribution >= 0.6 is 0 Å². The Labute approximate surface area is 209 Å². The molecule has 0 spiro atoms. The minimum Gasteiger partial charge on any atom is -0.459 e. The number of nitrogens with zero attached hydrogens (tertiary/aromatic N) is 1. The number of ether oxygens (including phenoxy) is 2. The summed E-state index contributed by atoms with van der Waals surface area (Å²) in [6.07, 6.45) is 0.00806. The molecule has 3 rings (SSSR count). The molecule has 3 aromatic rings. The molecule has 1 aromatic heterocycles. The Morgan fingerprint density at radius 3 is 1.94 bits per heavy atom. The van der Waals surface area contributed by atoms with Crippen LogP contribution in [0.5, 0.6) is 0 Å². The van der Waals surface area contributed by atoms with Crippen LogP contribution in [0.3, 0.4) is 0 Å². The highest BCUT2D eigenvalue weighted by Gasteiger charge is 2.35. The quantitative estimate of drug-likeness (QED) is 0.382. The standard InChI is InChI=1S/C28H31FN2O5/c1-27(2,3)35-25(33)21(26(34)36-28(4,5)6)13-16-7-12-19-20(17-8-10-18(29)11-9-17)15-23(24(30)32)31-22(19)14-16/h7-12,14-15,21H,13H2,1-6H3,(H2,30,32). The smallest absolute Gasteiger partial charge is 0.321 e. The Morgan fingerprint density at radius 2 is 1.44 bits per heavy atom. The second kappa shape index (κ2) is 10.0. The Hall–Kier alpha value is -3.81. The number of amides is 1. The van der Waals surface area contributed by atoms with Crippen LogP contribution < -0.4 is 5.73 Å². The SMILES string of the molecule is CC(C)(C)OC(=O)C(Cc1ccc2c(-c3ccc(F)cc3)cc(C(N)=O)nc2c1)C(=O)OC(C)(C)C. The molecule has 1 heterocycles. The highest BCUT2D eigenvalue weighted by Crippen LogP contribution is 2.30. The maximum absolute atomic E-state index is 13.5. The monoisotopic (exact) mass is 494 g/mol. The summed E-state index contributed by atoms with van der Waals surface area (Å²) >= 11 is 0. The van der Waals surface area contributed by atoms with Gasteiger partial charge in [0.05, 0.1) is 5.52 Å². The minimum atomic E-state index is -1.20. The van der Waals surface area contributed by atoms with E-state index in [2.05, 4.69) is 4.98 Å². The van der Waals surface area contributed by atoms with Crippen LogP contribution in [-0.2, 0) is 25.5 Å². The molecule has 2 aromatic carbocycles. The summed E-state index contributed by atoms with van der Waals surface area (Å²) in [5, 5.41) is 0.696. The first-order valence-corrected chi connectivity index (χ1v) is 11.6. The molecule has 2 N–H and O–H groups in total. The lowest BCUT2D eigenvalue weighted by atomic mass is 9.95. The number of nitrogens with two attached hydrogens (primary N) is 1. The lowest BCUT2D eigenvalue weighted by Crippen LogP contribution is -2.38. The number of benzene rings is 2. The van der Waals surface area contributed by atoms with Crippen molar-refractivity contribution in [1.29, 1.82) is 0 Å². The molecule has 0 bridgehead atoms. The van der Waals surface area contributed by atoms with E-state index in [0.29, 0.717) is 27.6 Å². The highest BCUT2D eigenvalue weighted by atomic mass is 19.1. The molecule has 7 nitrogen and oxygen atoms in total. The molecule has 1 amide bonds. The van der Waals surface area contributed by atoms with Crippen molar-refractivity contribution in [3.05, 3.63) is 65.6 Å². The van der Waals surface area contributed by atoms with Gasteiger partial charge in [0.2, 0.25) is 0 Å². The van der Waals surface area contributed by atoms with Crippen LogP contribution in [0.1, 0.15) is 57.6 Å². The molecule has 36 heavy (non-hydrogen) atoms. The van der Waals surface area contributed by atoms with Crippen molar-refractivity contribution in [2.75, 3.05) is 0 Å². The fourth-order valence-corrected chi connectivity index (χ4v) is 3.64. The molecule has 0 aliphatic heterocycles. The number of esters is 2. The largest absolute Gasteiger partial charge is 0.459 e. The lowest BCUT2D eigenvalue weighted by molar-refractivity contribution is -0.174. The Kier molecular flexibility index (Phi) is 7.48. The maximum atomic E-state index is 13.5. The summed E-state index contributed by atoms with van der Waals surface area (Å²) in [6.45, 7) is 10.3. The molecule has 0 radical (unpaired) electrons. The zero-order chi connectivity index (χ0) is 26.8. The minimum absolute atomic E-state index is 0.00806. The van der Waals surface area contributed by atoms with Gasteiger partial charge >= 0.3 is 11.9 Å². The van der Waals surface area contributed by atoms with Crippen LogP contribution in [0.4, 0.5) is 4.39 Å². The molecule has 0 aliphatic rings. The molecule has 0 saturated carbocycles. The van der Waals surface area contributed by atoms with E-state index in [4.69, 9.17) is 15.2 Å². The maximum Gasteiger partial charge on any atom is 0.321 e. The number of rotatable bonds is 6. The number of hydrogen-bond donors (Lipinski definition) is 1. The second-order valence-corrected chi connectivity index (χ2v) is 10.6. The van der Waals surface area contributed by atoms with Crippen LogP contribution in [0, 0.1) is 11.7 Å². The van der Waals surface area contributed by atoms with Gasteiger partial charge < -0.3 is 15.2 Å². The van der Waals surface area contributed by atoms with E-state index < -0.39 is 35.0 Å². The fourth-order valence-electron chi connectivity index (χ4n) is 3.64. The zero-order valence-electron chi connectivity index (χ0n) is 21.3. The Morgan fingerprint density at radius 1 is 0.889 bits per heavy atom. The predicted molar refractivity (Wildman–Crippen MR) is 135 cm³/mol. The van der Waals surface area contributed by atoms with Crippen LogP contribution in [0.15, 0.2) is 48.5 Å². The van der Waals surface area contributed by atoms with E-state index in [1.807, 2.05) is 0 Å². The molecule has 0 fully saturated rings. The van der Waals surface area contributed by atoms with Gasteiger partial charge in [-0.25, -0.2) is 9.37 Å². The number of halogens is 1. The van der Waals surface area contributed by atoms with E-state index in [0.717, 1.165) is 0 Å². The summed E-state index contributed by atoms with van der Waals surface area (Å²) in [6, 6.07) is 12.6. The number of aromatic nitrogens is 1. The van der Waals surface area contributed by atoms with Crippen molar-refractivity contribution in [2.45, 2.75) is 59.2 Å². The van der Waals surface area contributed by atoms with Crippen molar-refractivity contribution in [1.82, 2.24) is 4.98 Å². The molecular formula is C28H31FN2O5. The second-order valence-electron chi connectivity index (χ2n) is 10.6. The molecule has 0 saturated heterocycles. The van der Waals surface area contributed by atoms with Crippen molar-refractivity contribution < 1.29 is 28.2 Å². The Balaban J connectivity index is 2.06. The third-order valence-corrected chi connectivity index (χ3v) is 5.10. The first-order chi connectivity index (χ1) is 16.6. The van der Waals surface area contributed by atoms with E-state index >= 15 is 0 Å². The molecule has 8 heteroatoms. The van der Waals surface area contributed by atoms with E-state index in [-0.39, 0.29) is 17.9 Å². The first kappa shape index (κ1) is 26.8. The van der Waals surface area contributed by atoms with Gasteiger partial charge in [-0.05, 0) is 88.9 Å². The molecule has 190 valence electrons. The van der Waals surface area contributed by atoms with E-state index in [1.165, 1.54) is 12.1 Å².